The van der Waals surface area contributed by atoms with Crippen molar-refractivity contribution in [1.82, 2.24) is 55.6 Å². The van der Waals surface area contributed by atoms with Crippen LogP contribution in [0.3, 0.4) is 0 Å². The van der Waals surface area contributed by atoms with E-state index in [2.05, 4.69) is 72.4 Å². The van der Waals surface area contributed by atoms with E-state index in [-0.39, 0.29) is 5.69 Å². The minimum atomic E-state index is -0.121. The van der Waals surface area contributed by atoms with Crippen molar-refractivity contribution in [3.8, 4) is 45.0 Å². The third-order valence-electron chi connectivity index (χ3n) is 7.98. The average molecular weight is 610 g/mol. The lowest BCUT2D eigenvalue weighted by atomic mass is 9.98. The van der Waals surface area contributed by atoms with Crippen LogP contribution in [0.15, 0.2) is 102 Å². The third kappa shape index (κ3) is 5.87. The molecule has 46 heavy (non-hydrogen) atoms. The van der Waals surface area contributed by atoms with Gasteiger partial charge in [-0.15, -0.1) is 20.4 Å². The van der Waals surface area contributed by atoms with Crippen molar-refractivity contribution >= 4 is 0 Å². The van der Waals surface area contributed by atoms with Crippen LogP contribution in [-0.2, 0) is 19.5 Å². The molecule has 0 saturated carbocycles. The summed E-state index contributed by atoms with van der Waals surface area (Å²) in [5, 5.41) is 33.8. The molecule has 0 unspecified atom stereocenters. The summed E-state index contributed by atoms with van der Waals surface area (Å²) in [7, 11) is 0. The first-order chi connectivity index (χ1) is 22.7. The van der Waals surface area contributed by atoms with Crippen LogP contribution in [0, 0.1) is 0 Å². The van der Waals surface area contributed by atoms with E-state index in [0.717, 1.165) is 69.6 Å². The number of tetrazole rings is 2. The molecule has 0 amide bonds. The number of aromatic nitrogens is 11. The monoisotopic (exact) mass is 609 g/mol. The van der Waals surface area contributed by atoms with Crippen molar-refractivity contribution in [3.05, 3.63) is 124 Å². The summed E-state index contributed by atoms with van der Waals surface area (Å²) in [5.41, 5.74) is 7.73. The summed E-state index contributed by atoms with van der Waals surface area (Å²) in [5.74, 6) is 1.88. The molecule has 7 aromatic rings. The van der Waals surface area contributed by atoms with E-state index < -0.39 is 0 Å². The average Bonchev–Trinajstić information content (AvgIpc) is 3.89. The first-order valence-corrected chi connectivity index (χ1v) is 15.2. The van der Waals surface area contributed by atoms with Crippen molar-refractivity contribution in [1.29, 1.82) is 0 Å². The van der Waals surface area contributed by atoms with E-state index in [1.807, 2.05) is 72.8 Å². The Morgan fingerprint density at radius 2 is 1.13 bits per heavy atom. The molecule has 0 atom stereocenters. The molecule has 0 bridgehead atoms. The molecule has 0 aliphatic carbocycles. The fraction of sp³-hybridized carbons (Fsp3) is 0.176. The normalized spacial score (nSPS) is 11.2. The Morgan fingerprint density at radius 3 is 1.61 bits per heavy atom. The number of hydrogen-bond donors (Lipinski definition) is 2. The van der Waals surface area contributed by atoms with Gasteiger partial charge in [0.15, 0.2) is 0 Å². The Morgan fingerprint density at radius 1 is 0.630 bits per heavy atom. The molecule has 0 radical (unpaired) electrons. The molecular weight excluding hydrogens is 578 g/mol. The lowest BCUT2D eigenvalue weighted by Gasteiger charge is -2.09. The molecule has 0 saturated heterocycles. The Balaban J connectivity index is 1.12. The number of nitrogens with one attached hydrogen (secondary N) is 2. The first kappa shape index (κ1) is 28.7. The van der Waals surface area contributed by atoms with Gasteiger partial charge >= 0.3 is 5.69 Å². The van der Waals surface area contributed by atoms with E-state index >= 15 is 0 Å². The van der Waals surface area contributed by atoms with Crippen LogP contribution in [0.4, 0.5) is 0 Å². The first-order valence-electron chi connectivity index (χ1n) is 15.2. The third-order valence-corrected chi connectivity index (χ3v) is 7.98. The zero-order chi connectivity index (χ0) is 31.3. The molecule has 228 valence electrons. The van der Waals surface area contributed by atoms with Gasteiger partial charge in [-0.1, -0.05) is 110 Å². The van der Waals surface area contributed by atoms with Crippen LogP contribution in [-0.4, -0.2) is 55.6 Å². The fourth-order valence-electron chi connectivity index (χ4n) is 5.61. The van der Waals surface area contributed by atoms with Gasteiger partial charge in [-0.05, 0) is 50.2 Å². The van der Waals surface area contributed by atoms with Crippen LogP contribution in [0.1, 0.15) is 36.7 Å². The highest BCUT2D eigenvalue weighted by Crippen LogP contribution is 2.31. The Hall–Kier alpha value is -6.04. The molecule has 0 fully saturated rings. The van der Waals surface area contributed by atoms with E-state index in [4.69, 9.17) is 5.10 Å². The van der Waals surface area contributed by atoms with Gasteiger partial charge in [0, 0.05) is 17.5 Å². The van der Waals surface area contributed by atoms with Crippen LogP contribution >= 0.6 is 0 Å². The van der Waals surface area contributed by atoms with E-state index in [9.17, 15) is 4.79 Å². The van der Waals surface area contributed by atoms with Crippen LogP contribution in [0.5, 0.6) is 0 Å². The smallest absolute Gasteiger partial charge is 0.274 e. The predicted molar refractivity (Wildman–Crippen MR) is 173 cm³/mol. The standard InChI is InChI=1S/C34H31N11O/c1-2-3-12-31-39-45(22-24-15-19-26(20-16-24)28-9-5-7-11-30(28)33-37-42-43-38-33)34(46)44(31)21-23-13-17-25(18-14-23)27-8-4-6-10-29(27)32-35-40-41-36-32/h4-11,13-20H,2-3,12,21-22H2,1H3,(H,35,36,40,41)(H,37,38,42,43). The highest BCUT2D eigenvalue weighted by Gasteiger charge is 2.16. The number of unbranched alkanes of at least 4 members (excludes halogenated alkanes) is 1. The second-order valence-electron chi connectivity index (χ2n) is 11.0. The van der Waals surface area contributed by atoms with Crippen molar-refractivity contribution in [3.63, 3.8) is 0 Å². The number of rotatable bonds is 11. The van der Waals surface area contributed by atoms with Gasteiger partial charge in [-0.2, -0.15) is 15.5 Å². The topological polar surface area (TPSA) is 149 Å². The summed E-state index contributed by atoms with van der Waals surface area (Å²) in [4.78, 5) is 13.7. The van der Waals surface area contributed by atoms with Gasteiger partial charge in [-0.25, -0.2) is 9.48 Å². The molecule has 0 aliphatic heterocycles. The summed E-state index contributed by atoms with van der Waals surface area (Å²) >= 11 is 0. The molecular formula is C34H31N11O. The predicted octanol–water partition coefficient (Wildman–Crippen LogP) is 5.18. The number of aryl methyl sites for hydroxylation is 1. The summed E-state index contributed by atoms with van der Waals surface area (Å²) in [6, 6.07) is 32.3. The quantitative estimate of drug-likeness (QED) is 0.204. The van der Waals surface area contributed by atoms with Gasteiger partial charge in [-0.3, -0.25) is 4.57 Å². The lowest BCUT2D eigenvalue weighted by Crippen LogP contribution is -2.26. The van der Waals surface area contributed by atoms with E-state index in [0.29, 0.717) is 24.7 Å². The zero-order valence-electron chi connectivity index (χ0n) is 25.2. The van der Waals surface area contributed by atoms with Crippen molar-refractivity contribution in [2.75, 3.05) is 0 Å². The maximum absolute atomic E-state index is 13.7. The maximum Gasteiger partial charge on any atom is 0.346 e. The van der Waals surface area contributed by atoms with E-state index in [1.54, 1.807) is 9.25 Å². The fourth-order valence-corrected chi connectivity index (χ4v) is 5.61. The second kappa shape index (κ2) is 12.9. The molecule has 4 aromatic carbocycles. The number of nitrogens with zero attached hydrogens (tertiary/aromatic N) is 9. The largest absolute Gasteiger partial charge is 0.346 e. The zero-order valence-corrected chi connectivity index (χ0v) is 25.2. The molecule has 2 N–H and O–H groups in total. The molecule has 12 nitrogen and oxygen atoms in total. The number of aromatic amines is 2. The van der Waals surface area contributed by atoms with Gasteiger partial charge in [0.05, 0.1) is 13.1 Å². The van der Waals surface area contributed by atoms with Crippen LogP contribution in [0.25, 0.3) is 45.0 Å². The van der Waals surface area contributed by atoms with Gasteiger partial charge in [0.1, 0.15) is 5.82 Å². The summed E-state index contributed by atoms with van der Waals surface area (Å²) < 4.78 is 3.37. The maximum atomic E-state index is 13.7. The summed E-state index contributed by atoms with van der Waals surface area (Å²) in [6.45, 7) is 2.96. The number of H-pyrrole nitrogens is 2. The molecule has 0 spiro atoms. The number of benzene rings is 4. The van der Waals surface area contributed by atoms with Gasteiger partial charge in [0.25, 0.3) is 0 Å². The molecule has 3 heterocycles. The molecule has 12 heteroatoms. The minimum Gasteiger partial charge on any atom is -0.274 e. The molecule has 3 aromatic heterocycles. The van der Waals surface area contributed by atoms with Crippen molar-refractivity contribution in [2.24, 2.45) is 0 Å². The summed E-state index contributed by atoms with van der Waals surface area (Å²) in [6.07, 6.45) is 2.71. The van der Waals surface area contributed by atoms with Crippen molar-refractivity contribution < 1.29 is 0 Å². The van der Waals surface area contributed by atoms with Crippen LogP contribution < -0.4 is 5.69 Å². The Labute approximate surface area is 264 Å². The highest BCUT2D eigenvalue weighted by molar-refractivity contribution is 5.81. The van der Waals surface area contributed by atoms with Gasteiger partial charge < -0.3 is 0 Å². The van der Waals surface area contributed by atoms with Crippen LogP contribution in [0.2, 0.25) is 0 Å². The second-order valence-corrected chi connectivity index (χ2v) is 11.0. The highest BCUT2D eigenvalue weighted by atomic mass is 16.2. The Kier molecular flexibility index (Phi) is 8.05. The lowest BCUT2D eigenvalue weighted by molar-refractivity contribution is 0.637. The minimum absolute atomic E-state index is 0.121. The number of hydrogen-bond acceptors (Lipinski definition) is 8. The Bertz CT molecular complexity index is 2090. The molecule has 7 rings (SSSR count). The van der Waals surface area contributed by atoms with Gasteiger partial charge in [0.2, 0.25) is 11.6 Å². The van der Waals surface area contributed by atoms with E-state index in [1.165, 1.54) is 0 Å². The van der Waals surface area contributed by atoms with Crippen molar-refractivity contribution in [2.45, 2.75) is 39.3 Å². The SMILES string of the molecule is CCCCc1nn(Cc2ccc(-c3ccccc3-c3nn[nH]n3)cc2)c(=O)n1Cc1ccc(-c2ccccc2-c2nn[nH]n2)cc1. The molecule has 0 aliphatic rings.